The molecule has 144 valence electrons. The summed E-state index contributed by atoms with van der Waals surface area (Å²) in [5, 5.41) is 3.00. The third kappa shape index (κ3) is 5.23. The van der Waals surface area contributed by atoms with Crippen LogP contribution in [0.25, 0.3) is 0 Å². The molecule has 1 aliphatic heterocycles. The lowest BCUT2D eigenvalue weighted by Gasteiger charge is -2.35. The smallest absolute Gasteiger partial charge is 0.238 e. The monoisotopic (exact) mass is 367 g/mol. The van der Waals surface area contributed by atoms with E-state index in [-0.39, 0.29) is 5.91 Å². The van der Waals surface area contributed by atoms with Gasteiger partial charge in [0.1, 0.15) is 5.75 Å². The highest BCUT2D eigenvalue weighted by molar-refractivity contribution is 5.92. The molecule has 0 bridgehead atoms. The number of nitrogens with zero attached hydrogens (tertiary/aromatic N) is 2. The fraction of sp³-hybridized carbons (Fsp3) is 0.409. The lowest BCUT2D eigenvalue weighted by atomic mass is 10.0. The number of benzene rings is 2. The molecular formula is C22H29N3O2. The number of rotatable bonds is 6. The fourth-order valence-corrected chi connectivity index (χ4v) is 3.31. The Morgan fingerprint density at radius 2 is 1.63 bits per heavy atom. The molecule has 0 saturated carbocycles. The summed E-state index contributed by atoms with van der Waals surface area (Å²) in [4.78, 5) is 16.9. The summed E-state index contributed by atoms with van der Waals surface area (Å²) in [6, 6.07) is 16.3. The number of amides is 1. The second-order valence-electron chi connectivity index (χ2n) is 7.29. The lowest BCUT2D eigenvalue weighted by molar-refractivity contribution is -0.117. The van der Waals surface area contributed by atoms with E-state index in [1.807, 2.05) is 24.3 Å². The second kappa shape index (κ2) is 8.91. The molecule has 0 aromatic heterocycles. The predicted molar refractivity (Wildman–Crippen MR) is 111 cm³/mol. The van der Waals surface area contributed by atoms with Crippen molar-refractivity contribution in [1.82, 2.24) is 4.90 Å². The molecule has 1 heterocycles. The zero-order valence-electron chi connectivity index (χ0n) is 16.4. The summed E-state index contributed by atoms with van der Waals surface area (Å²) in [5.74, 6) is 1.41. The van der Waals surface area contributed by atoms with Crippen molar-refractivity contribution in [3.8, 4) is 5.75 Å². The van der Waals surface area contributed by atoms with Gasteiger partial charge in [-0.25, -0.2) is 0 Å². The van der Waals surface area contributed by atoms with E-state index in [1.165, 1.54) is 11.3 Å². The van der Waals surface area contributed by atoms with Gasteiger partial charge in [0, 0.05) is 37.6 Å². The molecule has 0 atom stereocenters. The van der Waals surface area contributed by atoms with Crippen LogP contribution in [-0.2, 0) is 4.79 Å². The highest BCUT2D eigenvalue weighted by Crippen LogP contribution is 2.21. The van der Waals surface area contributed by atoms with Crippen LogP contribution in [0.15, 0.2) is 48.5 Å². The number of nitrogens with one attached hydrogen (secondary N) is 1. The van der Waals surface area contributed by atoms with E-state index >= 15 is 0 Å². The molecule has 0 aliphatic carbocycles. The van der Waals surface area contributed by atoms with E-state index in [1.54, 1.807) is 7.11 Å². The molecule has 1 amide bonds. The lowest BCUT2D eigenvalue weighted by Crippen LogP contribution is -2.48. The van der Waals surface area contributed by atoms with Gasteiger partial charge in [-0.05, 0) is 47.9 Å². The number of hydrogen-bond acceptors (Lipinski definition) is 4. The van der Waals surface area contributed by atoms with E-state index < -0.39 is 0 Å². The van der Waals surface area contributed by atoms with Gasteiger partial charge in [0.15, 0.2) is 0 Å². The fourth-order valence-electron chi connectivity index (χ4n) is 3.31. The Morgan fingerprint density at radius 3 is 2.19 bits per heavy atom. The molecule has 2 aromatic rings. The second-order valence-corrected chi connectivity index (χ2v) is 7.29. The maximum atomic E-state index is 12.3. The summed E-state index contributed by atoms with van der Waals surface area (Å²) in [6.07, 6.45) is 0. The SMILES string of the molecule is COc1ccc(N2CCN(CC(=O)Nc3ccc(C(C)C)cc3)CC2)cc1. The Bertz CT molecular complexity index is 733. The van der Waals surface area contributed by atoms with Gasteiger partial charge in [-0.1, -0.05) is 26.0 Å². The zero-order chi connectivity index (χ0) is 19.2. The van der Waals surface area contributed by atoms with Crippen molar-refractivity contribution in [2.75, 3.05) is 50.1 Å². The molecule has 0 radical (unpaired) electrons. The van der Waals surface area contributed by atoms with Gasteiger partial charge in [0.2, 0.25) is 5.91 Å². The van der Waals surface area contributed by atoms with Crippen LogP contribution < -0.4 is 15.0 Å². The maximum Gasteiger partial charge on any atom is 0.238 e. The maximum absolute atomic E-state index is 12.3. The minimum Gasteiger partial charge on any atom is -0.497 e. The average Bonchev–Trinajstić information content (AvgIpc) is 2.69. The molecule has 1 N–H and O–H groups in total. The minimum atomic E-state index is 0.0465. The van der Waals surface area contributed by atoms with Crippen LogP contribution in [-0.4, -0.2) is 50.6 Å². The van der Waals surface area contributed by atoms with E-state index in [2.05, 4.69) is 53.2 Å². The quantitative estimate of drug-likeness (QED) is 0.848. The van der Waals surface area contributed by atoms with Crippen LogP contribution in [0.3, 0.4) is 0 Å². The third-order valence-corrected chi connectivity index (χ3v) is 5.04. The molecule has 5 heteroatoms. The van der Waals surface area contributed by atoms with E-state index in [4.69, 9.17) is 4.74 Å². The van der Waals surface area contributed by atoms with Crippen molar-refractivity contribution in [1.29, 1.82) is 0 Å². The summed E-state index contributed by atoms with van der Waals surface area (Å²) in [5.41, 5.74) is 3.34. The van der Waals surface area contributed by atoms with Crippen LogP contribution in [0.1, 0.15) is 25.3 Å². The molecule has 0 unspecified atom stereocenters. The first kappa shape index (κ1) is 19.2. The van der Waals surface area contributed by atoms with Crippen molar-refractivity contribution in [2.45, 2.75) is 19.8 Å². The van der Waals surface area contributed by atoms with E-state index in [0.29, 0.717) is 12.5 Å². The number of carbonyl (C=O) groups excluding carboxylic acids is 1. The number of anilines is 2. The predicted octanol–water partition coefficient (Wildman–Crippen LogP) is 3.58. The Labute approximate surface area is 161 Å². The van der Waals surface area contributed by atoms with Crippen LogP contribution in [0, 0.1) is 0 Å². The Morgan fingerprint density at radius 1 is 1.00 bits per heavy atom. The van der Waals surface area contributed by atoms with Gasteiger partial charge in [-0.3, -0.25) is 9.69 Å². The molecule has 1 aliphatic rings. The number of ether oxygens (including phenoxy) is 1. The summed E-state index contributed by atoms with van der Waals surface area (Å²) < 4.78 is 5.21. The molecule has 1 fully saturated rings. The van der Waals surface area contributed by atoms with Crippen molar-refractivity contribution >= 4 is 17.3 Å². The first-order valence-electron chi connectivity index (χ1n) is 9.56. The largest absolute Gasteiger partial charge is 0.497 e. The summed E-state index contributed by atoms with van der Waals surface area (Å²) in [7, 11) is 1.68. The first-order chi connectivity index (χ1) is 13.0. The van der Waals surface area contributed by atoms with Gasteiger partial charge in [0.05, 0.1) is 13.7 Å². The van der Waals surface area contributed by atoms with Gasteiger partial charge < -0.3 is 15.0 Å². The Hall–Kier alpha value is -2.53. The molecule has 3 rings (SSSR count). The van der Waals surface area contributed by atoms with Crippen LogP contribution in [0.4, 0.5) is 11.4 Å². The zero-order valence-corrected chi connectivity index (χ0v) is 16.4. The standard InChI is InChI=1S/C22H29N3O2/c1-17(2)18-4-6-19(7-5-18)23-22(26)16-24-12-14-25(15-13-24)20-8-10-21(27-3)11-9-20/h4-11,17H,12-16H2,1-3H3,(H,23,26). The number of piperazine rings is 1. The van der Waals surface area contributed by atoms with Crippen LogP contribution in [0.5, 0.6) is 5.75 Å². The minimum absolute atomic E-state index is 0.0465. The third-order valence-electron chi connectivity index (χ3n) is 5.04. The Kier molecular flexibility index (Phi) is 6.35. The van der Waals surface area contributed by atoms with E-state index in [0.717, 1.165) is 37.6 Å². The number of methoxy groups -OCH3 is 1. The highest BCUT2D eigenvalue weighted by Gasteiger charge is 2.19. The van der Waals surface area contributed by atoms with Crippen molar-refractivity contribution in [3.05, 3.63) is 54.1 Å². The topological polar surface area (TPSA) is 44.8 Å². The van der Waals surface area contributed by atoms with Crippen molar-refractivity contribution in [2.24, 2.45) is 0 Å². The van der Waals surface area contributed by atoms with Crippen molar-refractivity contribution in [3.63, 3.8) is 0 Å². The van der Waals surface area contributed by atoms with Gasteiger partial charge in [-0.2, -0.15) is 0 Å². The van der Waals surface area contributed by atoms with Gasteiger partial charge in [-0.15, -0.1) is 0 Å². The number of carbonyl (C=O) groups is 1. The number of hydrogen-bond donors (Lipinski definition) is 1. The first-order valence-corrected chi connectivity index (χ1v) is 9.56. The van der Waals surface area contributed by atoms with Gasteiger partial charge >= 0.3 is 0 Å². The molecule has 1 saturated heterocycles. The van der Waals surface area contributed by atoms with E-state index in [9.17, 15) is 4.79 Å². The molecular weight excluding hydrogens is 338 g/mol. The molecule has 0 spiro atoms. The Balaban J connectivity index is 1.46. The summed E-state index contributed by atoms with van der Waals surface area (Å²) in [6.45, 7) is 8.36. The van der Waals surface area contributed by atoms with Crippen LogP contribution >= 0.6 is 0 Å². The molecule has 27 heavy (non-hydrogen) atoms. The average molecular weight is 367 g/mol. The van der Waals surface area contributed by atoms with Gasteiger partial charge in [0.25, 0.3) is 0 Å². The van der Waals surface area contributed by atoms with Crippen molar-refractivity contribution < 1.29 is 9.53 Å². The highest BCUT2D eigenvalue weighted by atomic mass is 16.5. The summed E-state index contributed by atoms with van der Waals surface area (Å²) >= 11 is 0. The molecule has 5 nitrogen and oxygen atoms in total. The van der Waals surface area contributed by atoms with Crippen LogP contribution in [0.2, 0.25) is 0 Å². The molecule has 2 aromatic carbocycles. The normalized spacial score (nSPS) is 15.0.